The van der Waals surface area contributed by atoms with E-state index in [0.29, 0.717) is 11.1 Å². The molecule has 0 spiro atoms. The first-order valence-corrected chi connectivity index (χ1v) is 6.22. The third-order valence-electron chi connectivity index (χ3n) is 2.99. The van der Waals surface area contributed by atoms with E-state index < -0.39 is 23.8 Å². The van der Waals surface area contributed by atoms with Crippen molar-refractivity contribution in [2.45, 2.75) is 18.9 Å². The summed E-state index contributed by atoms with van der Waals surface area (Å²) in [5.74, 6) is -2.37. The van der Waals surface area contributed by atoms with Crippen LogP contribution in [0.3, 0.4) is 0 Å². The Morgan fingerprint density at radius 3 is 2.81 bits per heavy atom. The second kappa shape index (κ2) is 6.04. The number of carboxylic acids is 1. The van der Waals surface area contributed by atoms with E-state index in [-0.39, 0.29) is 12.8 Å². The highest BCUT2D eigenvalue weighted by Gasteiger charge is 2.21. The molecule has 110 valence electrons. The number of nitrogens with zero attached hydrogens (tertiary/aromatic N) is 1. The monoisotopic (exact) mass is 290 g/mol. The highest BCUT2D eigenvalue weighted by atomic mass is 16.4. The zero-order valence-electron chi connectivity index (χ0n) is 11.0. The molecule has 2 aromatic rings. The van der Waals surface area contributed by atoms with Gasteiger partial charge in [-0.15, -0.1) is 0 Å². The molecule has 2 amide bonds. The van der Waals surface area contributed by atoms with E-state index in [1.165, 1.54) is 0 Å². The van der Waals surface area contributed by atoms with Crippen molar-refractivity contribution in [1.29, 1.82) is 0 Å². The number of H-pyrrole nitrogens is 1. The maximum atomic E-state index is 12.0. The molecule has 0 radical (unpaired) electrons. The normalized spacial score (nSPS) is 12.0. The zero-order chi connectivity index (χ0) is 15.4. The molecule has 0 saturated carbocycles. The Labute approximate surface area is 119 Å². The molecule has 5 N–H and O–H groups in total. The third-order valence-corrected chi connectivity index (χ3v) is 2.99. The highest BCUT2D eigenvalue weighted by Crippen LogP contribution is 2.13. The number of amides is 2. The molecule has 0 bridgehead atoms. The fraction of sp³-hybridized carbons (Fsp3) is 0.231. The van der Waals surface area contributed by atoms with Crippen LogP contribution < -0.4 is 11.1 Å². The summed E-state index contributed by atoms with van der Waals surface area (Å²) in [6.07, 6.45) is 1.45. The molecule has 0 fully saturated rings. The molecule has 8 heteroatoms. The number of aromatic nitrogens is 2. The lowest BCUT2D eigenvalue weighted by Crippen LogP contribution is -2.41. The predicted octanol–water partition coefficient (Wildman–Crippen LogP) is 0.0114. The molecule has 0 aliphatic rings. The zero-order valence-corrected chi connectivity index (χ0v) is 11.0. The van der Waals surface area contributed by atoms with Crippen molar-refractivity contribution in [1.82, 2.24) is 15.5 Å². The molecule has 0 aliphatic heterocycles. The summed E-state index contributed by atoms with van der Waals surface area (Å²) in [6.45, 7) is 0. The van der Waals surface area contributed by atoms with Crippen molar-refractivity contribution < 1.29 is 19.5 Å². The summed E-state index contributed by atoms with van der Waals surface area (Å²) in [7, 11) is 0. The number of aromatic amines is 1. The molecule has 0 unspecified atom stereocenters. The SMILES string of the molecule is NC(=O)CC[C@H](NC(=O)c1ccc2cn[nH]c2c1)C(=O)O. The Bertz CT molecular complexity index is 694. The number of carboxylic acid groups (broad SMARTS) is 1. The lowest BCUT2D eigenvalue weighted by atomic mass is 10.1. The number of nitrogens with two attached hydrogens (primary N) is 1. The first-order chi connectivity index (χ1) is 9.97. The molecule has 1 aromatic carbocycles. The van der Waals surface area contributed by atoms with E-state index in [4.69, 9.17) is 10.8 Å². The topological polar surface area (TPSA) is 138 Å². The van der Waals surface area contributed by atoms with E-state index >= 15 is 0 Å². The molecule has 1 heterocycles. The van der Waals surface area contributed by atoms with Gasteiger partial charge in [-0.1, -0.05) is 6.07 Å². The molecular formula is C13H14N4O4. The van der Waals surface area contributed by atoms with Gasteiger partial charge >= 0.3 is 5.97 Å². The summed E-state index contributed by atoms with van der Waals surface area (Å²) in [4.78, 5) is 33.8. The van der Waals surface area contributed by atoms with Crippen LogP contribution in [-0.2, 0) is 9.59 Å². The number of hydrogen-bond donors (Lipinski definition) is 4. The van der Waals surface area contributed by atoms with Gasteiger partial charge in [0, 0.05) is 17.4 Å². The van der Waals surface area contributed by atoms with E-state index in [0.717, 1.165) is 5.39 Å². The fourth-order valence-electron chi connectivity index (χ4n) is 1.86. The van der Waals surface area contributed by atoms with Crippen LogP contribution in [0.4, 0.5) is 0 Å². The fourth-order valence-corrected chi connectivity index (χ4v) is 1.86. The minimum Gasteiger partial charge on any atom is -0.480 e. The molecule has 0 saturated heterocycles. The van der Waals surface area contributed by atoms with Gasteiger partial charge in [-0.05, 0) is 18.6 Å². The maximum absolute atomic E-state index is 12.0. The van der Waals surface area contributed by atoms with Gasteiger partial charge in [0.1, 0.15) is 6.04 Å². The number of carbonyl (C=O) groups is 3. The Kier molecular flexibility index (Phi) is 4.17. The summed E-state index contributed by atoms with van der Waals surface area (Å²) >= 11 is 0. The molecular weight excluding hydrogens is 276 g/mol. The summed E-state index contributed by atoms with van der Waals surface area (Å²) in [5, 5.41) is 18.8. The number of hydrogen-bond acceptors (Lipinski definition) is 4. The number of benzene rings is 1. The van der Waals surface area contributed by atoms with Crippen LogP contribution in [0.1, 0.15) is 23.2 Å². The van der Waals surface area contributed by atoms with E-state index in [9.17, 15) is 14.4 Å². The van der Waals surface area contributed by atoms with Crippen molar-refractivity contribution in [3.8, 4) is 0 Å². The molecule has 8 nitrogen and oxygen atoms in total. The van der Waals surface area contributed by atoms with Gasteiger partial charge in [-0.25, -0.2) is 4.79 Å². The average Bonchev–Trinajstić information content (AvgIpc) is 2.89. The van der Waals surface area contributed by atoms with Gasteiger partial charge in [0.15, 0.2) is 0 Å². The number of carbonyl (C=O) groups excluding carboxylic acids is 2. The van der Waals surface area contributed by atoms with E-state index in [1.54, 1.807) is 24.4 Å². The maximum Gasteiger partial charge on any atom is 0.326 e. The number of nitrogens with one attached hydrogen (secondary N) is 2. The Hall–Kier alpha value is -2.90. The summed E-state index contributed by atoms with van der Waals surface area (Å²) in [5.41, 5.74) is 5.95. The minimum atomic E-state index is -1.22. The average molecular weight is 290 g/mol. The number of rotatable bonds is 6. The standard InChI is InChI=1S/C13H14N4O4/c14-11(18)4-3-9(13(20)21)16-12(19)7-1-2-8-6-15-17-10(8)5-7/h1-2,5-6,9H,3-4H2,(H2,14,18)(H,15,17)(H,16,19)(H,20,21)/t9-/m0/s1. The molecule has 1 aromatic heterocycles. The lowest BCUT2D eigenvalue weighted by Gasteiger charge is -2.13. The lowest BCUT2D eigenvalue weighted by molar-refractivity contribution is -0.139. The van der Waals surface area contributed by atoms with Gasteiger partial charge in [0.2, 0.25) is 5.91 Å². The highest BCUT2D eigenvalue weighted by molar-refractivity contribution is 5.99. The van der Waals surface area contributed by atoms with E-state index in [1.807, 2.05) is 0 Å². The van der Waals surface area contributed by atoms with Crippen LogP contribution in [-0.4, -0.2) is 39.1 Å². The third kappa shape index (κ3) is 3.56. The van der Waals surface area contributed by atoms with Crippen LogP contribution in [0, 0.1) is 0 Å². The molecule has 21 heavy (non-hydrogen) atoms. The van der Waals surface area contributed by atoms with Gasteiger partial charge in [-0.2, -0.15) is 5.10 Å². The van der Waals surface area contributed by atoms with Crippen LogP contribution in [0.5, 0.6) is 0 Å². The van der Waals surface area contributed by atoms with Gasteiger partial charge in [0.25, 0.3) is 5.91 Å². The number of primary amides is 1. The van der Waals surface area contributed by atoms with E-state index in [2.05, 4.69) is 15.5 Å². The molecule has 0 aliphatic carbocycles. The van der Waals surface area contributed by atoms with Gasteiger partial charge in [-0.3, -0.25) is 14.7 Å². The van der Waals surface area contributed by atoms with Crippen molar-refractivity contribution >= 4 is 28.7 Å². The number of fused-ring (bicyclic) bond motifs is 1. The van der Waals surface area contributed by atoms with Gasteiger partial charge < -0.3 is 16.2 Å². The minimum absolute atomic E-state index is 0.0529. The Morgan fingerprint density at radius 1 is 1.38 bits per heavy atom. The van der Waals surface area contributed by atoms with Crippen molar-refractivity contribution in [2.24, 2.45) is 5.73 Å². The molecule has 2 rings (SSSR count). The van der Waals surface area contributed by atoms with Gasteiger partial charge in [0.05, 0.1) is 11.7 Å². The van der Waals surface area contributed by atoms with Crippen molar-refractivity contribution in [3.63, 3.8) is 0 Å². The van der Waals surface area contributed by atoms with Crippen LogP contribution in [0.15, 0.2) is 24.4 Å². The molecule has 1 atom stereocenters. The predicted molar refractivity (Wildman–Crippen MR) is 73.4 cm³/mol. The van der Waals surface area contributed by atoms with Crippen LogP contribution in [0.25, 0.3) is 10.9 Å². The largest absolute Gasteiger partial charge is 0.480 e. The first-order valence-electron chi connectivity index (χ1n) is 6.22. The summed E-state index contributed by atoms with van der Waals surface area (Å²) < 4.78 is 0. The van der Waals surface area contributed by atoms with Crippen molar-refractivity contribution in [3.05, 3.63) is 30.0 Å². The quantitative estimate of drug-likeness (QED) is 0.593. The Morgan fingerprint density at radius 2 is 2.14 bits per heavy atom. The first kappa shape index (κ1) is 14.5. The summed E-state index contributed by atoms with van der Waals surface area (Å²) in [6, 6.07) is 3.68. The van der Waals surface area contributed by atoms with Crippen LogP contribution in [0.2, 0.25) is 0 Å². The Balaban J connectivity index is 2.10. The second-order valence-corrected chi connectivity index (χ2v) is 4.54. The van der Waals surface area contributed by atoms with Crippen molar-refractivity contribution in [2.75, 3.05) is 0 Å². The smallest absolute Gasteiger partial charge is 0.326 e. The number of aliphatic carboxylic acids is 1. The second-order valence-electron chi connectivity index (χ2n) is 4.54. The van der Waals surface area contributed by atoms with Crippen LogP contribution >= 0.6 is 0 Å².